The van der Waals surface area contributed by atoms with Crippen LogP contribution in [0.25, 0.3) is 10.9 Å². The Balaban J connectivity index is 3.06. The summed E-state index contributed by atoms with van der Waals surface area (Å²) in [7, 11) is 1.33. The second-order valence-corrected chi connectivity index (χ2v) is 4.07. The van der Waals surface area contributed by atoms with E-state index in [1.807, 2.05) is 0 Å². The fraction of sp³-hybridized carbons (Fsp3) is 0.167. The molecule has 0 aliphatic carbocycles. The van der Waals surface area contributed by atoms with Gasteiger partial charge < -0.3 is 9.84 Å². The maximum absolute atomic E-state index is 13.7. The highest BCUT2D eigenvalue weighted by Crippen LogP contribution is 2.34. The zero-order chi connectivity index (χ0) is 13.4. The highest BCUT2D eigenvalue weighted by atomic mass is 35.5. The minimum Gasteiger partial charge on any atom is -0.494 e. The molecule has 0 spiro atoms. The van der Waals surface area contributed by atoms with Crippen molar-refractivity contribution in [2.45, 2.75) is 6.92 Å². The quantitative estimate of drug-likeness (QED) is 0.910. The summed E-state index contributed by atoms with van der Waals surface area (Å²) < 4.78 is 18.7. The van der Waals surface area contributed by atoms with Crippen LogP contribution in [0.5, 0.6) is 5.75 Å². The number of rotatable bonds is 2. The second kappa shape index (κ2) is 4.42. The lowest BCUT2D eigenvalue weighted by molar-refractivity contribution is 0.0695. The lowest BCUT2D eigenvalue weighted by atomic mass is 10.1. The van der Waals surface area contributed by atoms with Gasteiger partial charge in [-0.3, -0.25) is 0 Å². The molecule has 0 saturated carbocycles. The van der Waals surface area contributed by atoms with E-state index in [2.05, 4.69) is 4.98 Å². The predicted molar refractivity (Wildman–Crippen MR) is 65.0 cm³/mol. The van der Waals surface area contributed by atoms with Crippen molar-refractivity contribution < 1.29 is 19.0 Å². The van der Waals surface area contributed by atoms with Crippen molar-refractivity contribution in [1.29, 1.82) is 0 Å². The Morgan fingerprint density at radius 1 is 1.50 bits per heavy atom. The number of pyridine rings is 1. The maximum Gasteiger partial charge on any atom is 0.340 e. The highest BCUT2D eigenvalue weighted by molar-refractivity contribution is 6.36. The Labute approximate surface area is 107 Å². The van der Waals surface area contributed by atoms with Gasteiger partial charge in [-0.05, 0) is 19.1 Å². The fourth-order valence-electron chi connectivity index (χ4n) is 1.85. The summed E-state index contributed by atoms with van der Waals surface area (Å²) >= 11 is 5.93. The minimum atomic E-state index is -1.24. The molecule has 0 unspecified atom stereocenters. The largest absolute Gasteiger partial charge is 0.494 e. The molecule has 0 saturated heterocycles. The van der Waals surface area contributed by atoms with Crippen molar-refractivity contribution in [1.82, 2.24) is 4.98 Å². The molecule has 2 rings (SSSR count). The average molecular weight is 270 g/mol. The third-order valence-corrected chi connectivity index (χ3v) is 2.90. The Bertz CT molecular complexity index is 658. The Hall–Kier alpha value is -1.88. The van der Waals surface area contributed by atoms with Gasteiger partial charge in [-0.15, -0.1) is 0 Å². The number of carbonyl (C=O) groups is 1. The summed E-state index contributed by atoms with van der Waals surface area (Å²) in [4.78, 5) is 15.3. The van der Waals surface area contributed by atoms with E-state index in [9.17, 15) is 14.3 Å². The van der Waals surface area contributed by atoms with E-state index >= 15 is 0 Å². The number of hydrogen-bond donors (Lipinski definition) is 1. The van der Waals surface area contributed by atoms with Gasteiger partial charge in [0.05, 0.1) is 17.8 Å². The molecule has 1 aromatic carbocycles. The van der Waals surface area contributed by atoms with Crippen molar-refractivity contribution >= 4 is 28.5 Å². The van der Waals surface area contributed by atoms with Gasteiger partial charge in [0, 0.05) is 5.39 Å². The third-order valence-electron chi connectivity index (χ3n) is 2.58. The summed E-state index contributed by atoms with van der Waals surface area (Å²) in [5, 5.41) is 9.41. The van der Waals surface area contributed by atoms with Crippen molar-refractivity contribution in [3.8, 4) is 5.75 Å². The Morgan fingerprint density at radius 3 is 2.72 bits per heavy atom. The zero-order valence-electron chi connectivity index (χ0n) is 9.62. The van der Waals surface area contributed by atoms with E-state index in [1.165, 1.54) is 13.2 Å². The molecular weight excluding hydrogens is 261 g/mol. The summed E-state index contributed by atoms with van der Waals surface area (Å²) in [6, 6.07) is 2.44. The van der Waals surface area contributed by atoms with Gasteiger partial charge in [0.1, 0.15) is 16.9 Å². The van der Waals surface area contributed by atoms with Crippen LogP contribution in [0.3, 0.4) is 0 Å². The van der Waals surface area contributed by atoms with Gasteiger partial charge in [0.15, 0.2) is 5.75 Å². The van der Waals surface area contributed by atoms with E-state index < -0.39 is 11.8 Å². The van der Waals surface area contributed by atoms with Crippen LogP contribution in [0.2, 0.25) is 5.02 Å². The van der Waals surface area contributed by atoms with Crippen LogP contribution in [0, 0.1) is 12.7 Å². The number of aromatic carboxylic acids is 1. The summed E-state index contributed by atoms with van der Waals surface area (Å²) in [6.07, 6.45) is 0. The third kappa shape index (κ3) is 1.76. The van der Waals surface area contributed by atoms with E-state index in [1.54, 1.807) is 6.92 Å². The minimum absolute atomic E-state index is 0.0478. The maximum atomic E-state index is 13.7. The molecule has 1 N–H and O–H groups in total. The molecule has 0 fully saturated rings. The number of carboxylic acids is 1. The Morgan fingerprint density at radius 2 is 2.17 bits per heavy atom. The normalized spacial score (nSPS) is 10.7. The number of nitrogens with zero attached hydrogens (tertiary/aromatic N) is 1. The fourth-order valence-corrected chi connectivity index (χ4v) is 2.10. The molecule has 2 aromatic rings. The first kappa shape index (κ1) is 12.6. The van der Waals surface area contributed by atoms with Crippen LogP contribution in [0.1, 0.15) is 16.1 Å². The summed E-state index contributed by atoms with van der Waals surface area (Å²) in [6.45, 7) is 1.55. The molecule has 0 bridgehead atoms. The van der Waals surface area contributed by atoms with E-state index in [4.69, 9.17) is 16.3 Å². The number of carboxylic acid groups (broad SMARTS) is 1. The first-order valence-corrected chi connectivity index (χ1v) is 5.40. The van der Waals surface area contributed by atoms with Crippen molar-refractivity contribution in [2.24, 2.45) is 0 Å². The summed E-state index contributed by atoms with van der Waals surface area (Å²) in [5.74, 6) is -1.78. The van der Waals surface area contributed by atoms with Crippen LogP contribution in [0.4, 0.5) is 4.39 Å². The number of aromatic nitrogens is 1. The highest BCUT2D eigenvalue weighted by Gasteiger charge is 2.22. The SMILES string of the molecule is COc1c(C)nc2c(F)ccc(Cl)c2c1C(=O)O. The number of hydrogen-bond acceptors (Lipinski definition) is 3. The molecule has 0 radical (unpaired) electrons. The zero-order valence-corrected chi connectivity index (χ0v) is 10.4. The van der Waals surface area contributed by atoms with Gasteiger partial charge in [-0.1, -0.05) is 11.6 Å². The molecular formula is C12H9ClFNO3. The number of benzene rings is 1. The lowest BCUT2D eigenvalue weighted by Crippen LogP contribution is -2.06. The standard InChI is InChI=1S/C12H9ClFNO3/c1-5-11(18-2)9(12(16)17)8-6(13)3-4-7(14)10(8)15-5/h3-4H,1-2H3,(H,16,17). The topological polar surface area (TPSA) is 59.4 Å². The molecule has 0 amide bonds. The van der Waals surface area contributed by atoms with Gasteiger partial charge >= 0.3 is 5.97 Å². The smallest absolute Gasteiger partial charge is 0.340 e. The van der Waals surface area contributed by atoms with E-state index in [0.717, 1.165) is 6.07 Å². The van der Waals surface area contributed by atoms with Gasteiger partial charge in [-0.25, -0.2) is 14.2 Å². The molecule has 4 nitrogen and oxygen atoms in total. The van der Waals surface area contributed by atoms with Crippen LogP contribution >= 0.6 is 11.6 Å². The average Bonchev–Trinajstić information content (AvgIpc) is 2.32. The van der Waals surface area contributed by atoms with Crippen molar-refractivity contribution in [2.75, 3.05) is 7.11 Å². The van der Waals surface area contributed by atoms with E-state index in [0.29, 0.717) is 5.69 Å². The molecule has 6 heteroatoms. The van der Waals surface area contributed by atoms with Gasteiger partial charge in [-0.2, -0.15) is 0 Å². The van der Waals surface area contributed by atoms with Crippen LogP contribution < -0.4 is 4.74 Å². The first-order valence-electron chi connectivity index (χ1n) is 5.03. The van der Waals surface area contributed by atoms with Crippen molar-refractivity contribution in [3.05, 3.63) is 34.2 Å². The van der Waals surface area contributed by atoms with Crippen LogP contribution in [-0.2, 0) is 0 Å². The molecule has 18 heavy (non-hydrogen) atoms. The molecule has 0 aliphatic heterocycles. The van der Waals surface area contributed by atoms with Crippen LogP contribution in [0.15, 0.2) is 12.1 Å². The molecule has 1 aromatic heterocycles. The monoisotopic (exact) mass is 269 g/mol. The number of fused-ring (bicyclic) bond motifs is 1. The Kier molecular flexibility index (Phi) is 3.09. The molecule has 0 atom stereocenters. The van der Waals surface area contributed by atoms with E-state index in [-0.39, 0.29) is 27.2 Å². The first-order chi connectivity index (χ1) is 8.47. The number of aryl methyl sites for hydroxylation is 1. The molecule has 1 heterocycles. The molecule has 0 aliphatic rings. The summed E-state index contributed by atoms with van der Waals surface area (Å²) in [5.41, 5.74) is 0.0475. The van der Waals surface area contributed by atoms with Crippen LogP contribution in [-0.4, -0.2) is 23.2 Å². The van der Waals surface area contributed by atoms with Gasteiger partial charge in [0.2, 0.25) is 0 Å². The second-order valence-electron chi connectivity index (χ2n) is 3.66. The number of halogens is 2. The lowest BCUT2D eigenvalue weighted by Gasteiger charge is -2.12. The molecule has 94 valence electrons. The van der Waals surface area contributed by atoms with Crippen molar-refractivity contribution in [3.63, 3.8) is 0 Å². The number of ether oxygens (including phenoxy) is 1. The van der Waals surface area contributed by atoms with Gasteiger partial charge in [0.25, 0.3) is 0 Å². The predicted octanol–water partition coefficient (Wildman–Crippen LogP) is 3.04. The number of methoxy groups -OCH3 is 1.